The maximum Gasteiger partial charge on any atom is 0.125 e. The number of aryl methyl sites for hydroxylation is 1. The van der Waals surface area contributed by atoms with Crippen molar-refractivity contribution in [2.24, 2.45) is 0 Å². The number of para-hydroxylation sites is 1. The number of benzene rings is 1. The van der Waals surface area contributed by atoms with E-state index >= 15 is 0 Å². The minimum atomic E-state index is 0.227. The largest absolute Gasteiger partial charge is 0.321 e. The van der Waals surface area contributed by atoms with Crippen molar-refractivity contribution >= 4 is 22.6 Å². The maximum absolute atomic E-state index is 6.06. The molecule has 1 aromatic heterocycles. The minimum Gasteiger partial charge on any atom is -0.321 e. The number of nitrogens with zero attached hydrogens (tertiary/aromatic N) is 2. The topological polar surface area (TPSA) is 17.8 Å². The molecule has 0 bridgehead atoms. The summed E-state index contributed by atoms with van der Waals surface area (Å²) in [6, 6.07) is 6.30. The van der Waals surface area contributed by atoms with Crippen molar-refractivity contribution < 1.29 is 0 Å². The van der Waals surface area contributed by atoms with Crippen molar-refractivity contribution in [2.75, 3.05) is 0 Å². The van der Waals surface area contributed by atoms with Crippen molar-refractivity contribution in [1.29, 1.82) is 0 Å². The molecule has 1 saturated carbocycles. The third-order valence-corrected chi connectivity index (χ3v) is 4.28. The molecule has 2 nitrogen and oxygen atoms in total. The van der Waals surface area contributed by atoms with E-state index in [0.29, 0.717) is 5.88 Å². The summed E-state index contributed by atoms with van der Waals surface area (Å²) in [5, 5.41) is 0. The first-order valence-electron chi connectivity index (χ1n) is 6.19. The van der Waals surface area contributed by atoms with E-state index in [1.54, 1.807) is 0 Å². The van der Waals surface area contributed by atoms with Crippen LogP contribution in [0.25, 0.3) is 11.0 Å². The lowest BCUT2D eigenvalue weighted by Crippen LogP contribution is -2.38. The Balaban J connectivity index is 2.33. The molecule has 0 amide bonds. The van der Waals surface area contributed by atoms with Gasteiger partial charge in [-0.15, -0.1) is 11.6 Å². The predicted octanol–water partition coefficient (Wildman–Crippen LogP) is 3.98. The van der Waals surface area contributed by atoms with Gasteiger partial charge in [-0.3, -0.25) is 0 Å². The van der Waals surface area contributed by atoms with Crippen molar-refractivity contribution in [3.63, 3.8) is 0 Å². The molecule has 0 saturated heterocycles. The number of hydrogen-bond acceptors (Lipinski definition) is 1. The molecule has 1 aliphatic carbocycles. The van der Waals surface area contributed by atoms with E-state index in [0.717, 1.165) is 11.3 Å². The summed E-state index contributed by atoms with van der Waals surface area (Å²) in [4.78, 5) is 4.67. The fourth-order valence-corrected chi connectivity index (χ4v) is 3.11. The Morgan fingerprint density at radius 1 is 1.41 bits per heavy atom. The van der Waals surface area contributed by atoms with Crippen LogP contribution < -0.4 is 0 Å². The summed E-state index contributed by atoms with van der Waals surface area (Å²) >= 11 is 6.06. The standard InChI is InChI=1S/C14H17ClN2/c1-10-5-3-6-11-13(10)17(12(9-15)16-11)14(2)7-4-8-14/h3,5-6H,4,7-9H2,1-2H3. The summed E-state index contributed by atoms with van der Waals surface area (Å²) in [6.45, 7) is 4.47. The van der Waals surface area contributed by atoms with Gasteiger partial charge in [0, 0.05) is 5.54 Å². The third-order valence-electron chi connectivity index (χ3n) is 4.04. The average Bonchev–Trinajstić information content (AvgIpc) is 2.66. The zero-order valence-corrected chi connectivity index (χ0v) is 11.1. The van der Waals surface area contributed by atoms with Crippen LogP contribution in [0.15, 0.2) is 18.2 Å². The van der Waals surface area contributed by atoms with E-state index in [9.17, 15) is 0 Å². The normalized spacial score (nSPS) is 18.3. The summed E-state index contributed by atoms with van der Waals surface area (Å²) in [5.41, 5.74) is 3.86. The van der Waals surface area contributed by atoms with Crippen molar-refractivity contribution in [1.82, 2.24) is 9.55 Å². The molecule has 0 unspecified atom stereocenters. The van der Waals surface area contributed by atoms with Crippen LogP contribution in [0.2, 0.25) is 0 Å². The molecule has 1 aromatic carbocycles. The zero-order chi connectivity index (χ0) is 12.0. The lowest BCUT2D eigenvalue weighted by atomic mass is 9.78. The van der Waals surface area contributed by atoms with Crippen molar-refractivity contribution in [3.8, 4) is 0 Å². The Kier molecular flexibility index (Phi) is 2.44. The molecule has 1 aliphatic rings. The Labute approximate surface area is 107 Å². The van der Waals surface area contributed by atoms with Gasteiger partial charge in [0.1, 0.15) is 5.82 Å². The Bertz CT molecular complexity index is 567. The third kappa shape index (κ3) is 1.50. The fourth-order valence-electron chi connectivity index (χ4n) is 2.93. The summed E-state index contributed by atoms with van der Waals surface area (Å²) in [6.07, 6.45) is 3.77. The van der Waals surface area contributed by atoms with Crippen molar-refractivity contribution in [3.05, 3.63) is 29.6 Å². The predicted molar refractivity (Wildman–Crippen MR) is 71.5 cm³/mol. The highest BCUT2D eigenvalue weighted by atomic mass is 35.5. The summed E-state index contributed by atoms with van der Waals surface area (Å²) < 4.78 is 2.38. The quantitative estimate of drug-likeness (QED) is 0.735. The van der Waals surface area contributed by atoms with Gasteiger partial charge in [-0.1, -0.05) is 12.1 Å². The molecule has 2 aromatic rings. The number of alkyl halides is 1. The second kappa shape index (κ2) is 3.74. The first kappa shape index (κ1) is 11.1. The van der Waals surface area contributed by atoms with E-state index in [1.165, 1.54) is 30.3 Å². The van der Waals surface area contributed by atoms with Gasteiger partial charge >= 0.3 is 0 Å². The molecule has 17 heavy (non-hydrogen) atoms. The van der Waals surface area contributed by atoms with Crippen LogP contribution in [-0.4, -0.2) is 9.55 Å². The zero-order valence-electron chi connectivity index (χ0n) is 10.3. The Morgan fingerprint density at radius 2 is 2.18 bits per heavy atom. The second-order valence-electron chi connectivity index (χ2n) is 5.29. The molecule has 0 N–H and O–H groups in total. The number of rotatable bonds is 2. The Hall–Kier alpha value is -1.02. The van der Waals surface area contributed by atoms with Crippen LogP contribution in [-0.2, 0) is 11.4 Å². The van der Waals surface area contributed by atoms with E-state index in [-0.39, 0.29) is 5.54 Å². The fraction of sp³-hybridized carbons (Fsp3) is 0.500. The SMILES string of the molecule is Cc1cccc2nc(CCl)n(C3(C)CCC3)c12. The van der Waals surface area contributed by atoms with E-state index in [1.807, 2.05) is 0 Å². The molecule has 3 rings (SSSR count). The summed E-state index contributed by atoms with van der Waals surface area (Å²) in [5.74, 6) is 1.50. The van der Waals surface area contributed by atoms with E-state index < -0.39 is 0 Å². The maximum atomic E-state index is 6.06. The van der Waals surface area contributed by atoms with Crippen molar-refractivity contribution in [2.45, 2.75) is 44.5 Å². The highest BCUT2D eigenvalue weighted by Gasteiger charge is 2.36. The van der Waals surface area contributed by atoms with Gasteiger partial charge in [0.25, 0.3) is 0 Å². The van der Waals surface area contributed by atoms with Gasteiger partial charge in [-0.05, 0) is 44.7 Å². The van der Waals surface area contributed by atoms with Crippen LogP contribution >= 0.6 is 11.6 Å². The highest BCUT2D eigenvalue weighted by molar-refractivity contribution is 6.16. The van der Waals surface area contributed by atoms with E-state index in [2.05, 4.69) is 41.6 Å². The minimum absolute atomic E-state index is 0.227. The lowest BCUT2D eigenvalue weighted by molar-refractivity contribution is 0.170. The lowest BCUT2D eigenvalue weighted by Gasteiger charge is -2.41. The number of hydrogen-bond donors (Lipinski definition) is 0. The number of halogens is 1. The molecule has 3 heteroatoms. The Morgan fingerprint density at radius 3 is 2.76 bits per heavy atom. The number of fused-ring (bicyclic) bond motifs is 1. The number of imidazole rings is 1. The van der Waals surface area contributed by atoms with Gasteiger partial charge < -0.3 is 4.57 Å². The second-order valence-corrected chi connectivity index (χ2v) is 5.56. The highest BCUT2D eigenvalue weighted by Crippen LogP contribution is 2.42. The van der Waals surface area contributed by atoms with Crippen LogP contribution in [0.1, 0.15) is 37.6 Å². The van der Waals surface area contributed by atoms with Crippen LogP contribution in [0.4, 0.5) is 0 Å². The van der Waals surface area contributed by atoms with Gasteiger partial charge in [0.15, 0.2) is 0 Å². The van der Waals surface area contributed by atoms with Crippen LogP contribution in [0.3, 0.4) is 0 Å². The summed E-state index contributed by atoms with van der Waals surface area (Å²) in [7, 11) is 0. The van der Waals surface area contributed by atoms with Gasteiger partial charge in [-0.2, -0.15) is 0 Å². The molecule has 90 valence electrons. The first-order valence-corrected chi connectivity index (χ1v) is 6.72. The molecule has 0 spiro atoms. The molecular formula is C14H17ClN2. The van der Waals surface area contributed by atoms with Crippen LogP contribution in [0, 0.1) is 6.92 Å². The van der Waals surface area contributed by atoms with Gasteiger partial charge in [0.05, 0.1) is 16.9 Å². The number of aromatic nitrogens is 2. The van der Waals surface area contributed by atoms with E-state index in [4.69, 9.17) is 11.6 Å². The smallest absolute Gasteiger partial charge is 0.125 e. The average molecular weight is 249 g/mol. The molecule has 1 fully saturated rings. The monoisotopic (exact) mass is 248 g/mol. The molecular weight excluding hydrogens is 232 g/mol. The molecule has 0 atom stereocenters. The molecule has 1 heterocycles. The molecule has 0 aliphatic heterocycles. The van der Waals surface area contributed by atoms with Gasteiger partial charge in [0.2, 0.25) is 0 Å². The molecule has 0 radical (unpaired) electrons. The van der Waals surface area contributed by atoms with Gasteiger partial charge in [-0.25, -0.2) is 4.98 Å². The first-order chi connectivity index (χ1) is 8.15. The van der Waals surface area contributed by atoms with Crippen LogP contribution in [0.5, 0.6) is 0 Å².